The predicted octanol–water partition coefficient (Wildman–Crippen LogP) is 2.26. The van der Waals surface area contributed by atoms with Crippen LogP contribution in [0.25, 0.3) is 0 Å². The third kappa shape index (κ3) is 3.09. The third-order valence-electron chi connectivity index (χ3n) is 3.68. The van der Waals surface area contributed by atoms with Crippen molar-refractivity contribution in [3.63, 3.8) is 0 Å². The van der Waals surface area contributed by atoms with Gasteiger partial charge in [0.15, 0.2) is 0 Å². The van der Waals surface area contributed by atoms with E-state index in [2.05, 4.69) is 5.32 Å². The number of halogens is 2. The molecule has 1 aromatic carbocycles. The summed E-state index contributed by atoms with van der Waals surface area (Å²) in [5.74, 6) is -3.43. The van der Waals surface area contributed by atoms with Crippen molar-refractivity contribution in [3.8, 4) is 0 Å². The minimum atomic E-state index is -4.61. The molecule has 112 valence electrons. The van der Waals surface area contributed by atoms with Gasteiger partial charge in [0, 0.05) is 13.2 Å². The lowest BCUT2D eigenvalue weighted by Gasteiger charge is -2.17. The molecule has 0 aromatic heterocycles. The summed E-state index contributed by atoms with van der Waals surface area (Å²) in [6.07, 6.45) is 2.53. The fourth-order valence-corrected chi connectivity index (χ4v) is 3.08. The van der Waals surface area contributed by atoms with Gasteiger partial charge in [-0.3, -0.25) is 0 Å². The number of rotatable bonds is 7. The Morgan fingerprint density at radius 3 is 2.50 bits per heavy atom. The number of aliphatic hydroxyl groups excluding tert-OH is 1. The van der Waals surface area contributed by atoms with Crippen LogP contribution in [-0.4, -0.2) is 32.4 Å². The van der Waals surface area contributed by atoms with Gasteiger partial charge in [0.05, 0.1) is 10.6 Å². The first kappa shape index (κ1) is 15.2. The zero-order valence-corrected chi connectivity index (χ0v) is 11.7. The highest BCUT2D eigenvalue weighted by atomic mass is 32.2. The fourth-order valence-electron chi connectivity index (χ4n) is 2.17. The van der Waals surface area contributed by atoms with Crippen LogP contribution >= 0.6 is 0 Å². The maximum Gasteiger partial charge on any atom is 0.341 e. The van der Waals surface area contributed by atoms with Crippen molar-refractivity contribution in [2.24, 2.45) is 5.41 Å². The van der Waals surface area contributed by atoms with E-state index >= 15 is 0 Å². The van der Waals surface area contributed by atoms with Crippen molar-refractivity contribution >= 4 is 15.5 Å². The van der Waals surface area contributed by atoms with Crippen LogP contribution in [0.15, 0.2) is 29.2 Å². The third-order valence-corrected chi connectivity index (χ3v) is 5.12. The van der Waals surface area contributed by atoms with Gasteiger partial charge >= 0.3 is 5.76 Å². The number of hydrogen-bond acceptors (Lipinski definition) is 4. The van der Waals surface area contributed by atoms with Gasteiger partial charge in [-0.25, -0.2) is 8.42 Å². The lowest BCUT2D eigenvalue weighted by atomic mass is 10.0. The van der Waals surface area contributed by atoms with Gasteiger partial charge in [-0.05, 0) is 36.8 Å². The van der Waals surface area contributed by atoms with Crippen molar-refractivity contribution in [1.82, 2.24) is 0 Å². The molecule has 1 aliphatic rings. The Labute approximate surface area is 116 Å². The first-order valence-corrected chi connectivity index (χ1v) is 7.92. The molecule has 20 heavy (non-hydrogen) atoms. The Morgan fingerprint density at radius 1 is 1.30 bits per heavy atom. The van der Waals surface area contributed by atoms with Crippen LogP contribution in [0.3, 0.4) is 0 Å². The smallest absolute Gasteiger partial charge is 0.341 e. The lowest BCUT2D eigenvalue weighted by Crippen LogP contribution is -2.19. The van der Waals surface area contributed by atoms with Crippen LogP contribution in [0.4, 0.5) is 14.5 Å². The first-order valence-electron chi connectivity index (χ1n) is 6.37. The molecule has 0 radical (unpaired) electrons. The van der Waals surface area contributed by atoms with E-state index in [1.807, 2.05) is 0 Å². The van der Waals surface area contributed by atoms with Gasteiger partial charge in [0.25, 0.3) is 0 Å². The van der Waals surface area contributed by atoms with Gasteiger partial charge < -0.3 is 10.4 Å². The lowest BCUT2D eigenvalue weighted by molar-refractivity contribution is 0.235. The van der Waals surface area contributed by atoms with Gasteiger partial charge in [-0.1, -0.05) is 12.1 Å². The topological polar surface area (TPSA) is 66.4 Å². The van der Waals surface area contributed by atoms with E-state index in [-0.39, 0.29) is 22.6 Å². The number of benzene rings is 1. The number of hydrogen-bond donors (Lipinski definition) is 2. The highest BCUT2D eigenvalue weighted by molar-refractivity contribution is 7.91. The second-order valence-corrected chi connectivity index (χ2v) is 7.02. The molecule has 1 fully saturated rings. The van der Waals surface area contributed by atoms with Crippen LogP contribution in [0, 0.1) is 5.41 Å². The summed E-state index contributed by atoms with van der Waals surface area (Å²) in [6, 6.07) is 5.67. The molecule has 2 N–H and O–H groups in total. The van der Waals surface area contributed by atoms with Gasteiger partial charge in [0.1, 0.15) is 0 Å². The Bertz CT molecular complexity index is 571. The molecule has 7 heteroatoms. The molecule has 0 saturated heterocycles. The van der Waals surface area contributed by atoms with Crippen molar-refractivity contribution in [2.45, 2.75) is 29.9 Å². The Balaban J connectivity index is 2.17. The molecule has 0 unspecified atom stereocenters. The average Bonchev–Trinajstić information content (AvgIpc) is 3.17. The SMILES string of the molecule is O=S(=O)(c1ccccc1NCC1(CCO)CC1)C(F)F. The summed E-state index contributed by atoms with van der Waals surface area (Å²) >= 11 is 0. The quantitative estimate of drug-likeness (QED) is 0.811. The summed E-state index contributed by atoms with van der Waals surface area (Å²) in [5.41, 5.74) is 0.160. The number of para-hydroxylation sites is 1. The largest absolute Gasteiger partial charge is 0.396 e. The maximum atomic E-state index is 12.6. The second-order valence-electron chi connectivity index (χ2n) is 5.13. The molecule has 1 saturated carbocycles. The number of aliphatic hydroxyl groups is 1. The molecule has 0 heterocycles. The van der Waals surface area contributed by atoms with E-state index in [1.165, 1.54) is 18.2 Å². The molecule has 1 aromatic rings. The molecule has 0 spiro atoms. The minimum absolute atomic E-state index is 0.0313. The Kier molecular flexibility index (Phi) is 4.29. The minimum Gasteiger partial charge on any atom is -0.396 e. The monoisotopic (exact) mass is 305 g/mol. The van der Waals surface area contributed by atoms with E-state index in [9.17, 15) is 17.2 Å². The number of nitrogens with one attached hydrogen (secondary N) is 1. The van der Waals surface area contributed by atoms with Crippen molar-refractivity contribution in [3.05, 3.63) is 24.3 Å². The highest BCUT2D eigenvalue weighted by Gasteiger charge is 2.41. The first-order chi connectivity index (χ1) is 9.41. The molecular formula is C13H17F2NO3S. The van der Waals surface area contributed by atoms with E-state index in [1.54, 1.807) is 6.07 Å². The van der Waals surface area contributed by atoms with Gasteiger partial charge in [-0.15, -0.1) is 0 Å². The maximum absolute atomic E-state index is 12.6. The van der Waals surface area contributed by atoms with Crippen molar-refractivity contribution < 1.29 is 22.3 Å². The van der Waals surface area contributed by atoms with E-state index < -0.39 is 15.6 Å². The van der Waals surface area contributed by atoms with Crippen LogP contribution in [-0.2, 0) is 9.84 Å². The molecular weight excluding hydrogens is 288 g/mol. The van der Waals surface area contributed by atoms with Crippen LogP contribution in [0.2, 0.25) is 0 Å². The van der Waals surface area contributed by atoms with Crippen LogP contribution in [0.1, 0.15) is 19.3 Å². The molecule has 0 atom stereocenters. The zero-order chi connectivity index (χ0) is 14.8. The molecule has 0 bridgehead atoms. The van der Waals surface area contributed by atoms with Gasteiger partial charge in [0.2, 0.25) is 9.84 Å². The average molecular weight is 305 g/mol. The van der Waals surface area contributed by atoms with Crippen molar-refractivity contribution in [1.29, 1.82) is 0 Å². The molecule has 2 rings (SSSR count). The zero-order valence-electron chi connectivity index (χ0n) is 10.9. The summed E-state index contributed by atoms with van der Waals surface area (Å²) < 4.78 is 48.5. The fraction of sp³-hybridized carbons (Fsp3) is 0.538. The molecule has 4 nitrogen and oxygen atoms in total. The Hall–Kier alpha value is -1.21. The summed E-state index contributed by atoms with van der Waals surface area (Å²) in [7, 11) is -4.61. The number of anilines is 1. The number of alkyl halides is 2. The normalized spacial score (nSPS) is 17.2. The van der Waals surface area contributed by atoms with E-state index in [4.69, 9.17) is 5.11 Å². The van der Waals surface area contributed by atoms with Crippen LogP contribution in [0.5, 0.6) is 0 Å². The summed E-state index contributed by atoms with van der Waals surface area (Å²) in [4.78, 5) is -0.380. The van der Waals surface area contributed by atoms with E-state index in [0.29, 0.717) is 13.0 Å². The summed E-state index contributed by atoms with van der Waals surface area (Å²) in [5, 5.41) is 11.9. The van der Waals surface area contributed by atoms with Crippen LogP contribution < -0.4 is 5.32 Å². The highest BCUT2D eigenvalue weighted by Crippen LogP contribution is 2.48. The molecule has 0 amide bonds. The number of sulfone groups is 1. The standard InChI is InChI=1S/C13H17F2NO3S/c14-12(15)20(18,19)11-4-2-1-3-10(11)16-9-13(5-6-13)7-8-17/h1-4,12,16-17H,5-9H2. The Morgan fingerprint density at radius 2 is 1.95 bits per heavy atom. The molecule has 1 aliphatic carbocycles. The molecule has 0 aliphatic heterocycles. The van der Waals surface area contributed by atoms with E-state index in [0.717, 1.165) is 12.8 Å². The van der Waals surface area contributed by atoms with Crippen molar-refractivity contribution in [2.75, 3.05) is 18.5 Å². The van der Waals surface area contributed by atoms with Gasteiger partial charge in [-0.2, -0.15) is 8.78 Å². The second kappa shape index (κ2) is 5.65. The predicted molar refractivity (Wildman–Crippen MR) is 71.5 cm³/mol. The summed E-state index contributed by atoms with van der Waals surface area (Å²) in [6.45, 7) is 0.544.